The highest BCUT2D eigenvalue weighted by molar-refractivity contribution is 6.30. The Morgan fingerprint density at radius 3 is 2.67 bits per heavy atom. The molecule has 3 rings (SSSR count). The minimum atomic E-state index is -4.59. The van der Waals surface area contributed by atoms with Gasteiger partial charge in [0.15, 0.2) is 0 Å². The van der Waals surface area contributed by atoms with Gasteiger partial charge in [0.25, 0.3) is 0 Å². The van der Waals surface area contributed by atoms with E-state index in [1.165, 1.54) is 7.05 Å². The van der Waals surface area contributed by atoms with Crippen LogP contribution in [0.15, 0.2) is 71.9 Å². The molecule has 0 radical (unpaired) electrons. The van der Waals surface area contributed by atoms with Gasteiger partial charge in [0, 0.05) is 35.6 Å². The average molecular weight is 390 g/mol. The van der Waals surface area contributed by atoms with E-state index in [-0.39, 0.29) is 11.4 Å². The predicted molar refractivity (Wildman–Crippen MR) is 103 cm³/mol. The first kappa shape index (κ1) is 18.9. The Bertz CT molecular complexity index is 1060. The molecule has 0 saturated heterocycles. The number of fused-ring (bicyclic) bond motifs is 1. The molecule has 0 aliphatic heterocycles. The summed E-state index contributed by atoms with van der Waals surface area (Å²) in [5.41, 5.74) is 0.748. The van der Waals surface area contributed by atoms with Gasteiger partial charge in [0.1, 0.15) is 5.82 Å². The molecule has 0 atom stereocenters. The van der Waals surface area contributed by atoms with Gasteiger partial charge in [0.05, 0.1) is 16.8 Å². The third-order valence-electron chi connectivity index (χ3n) is 3.94. The van der Waals surface area contributed by atoms with Gasteiger partial charge < -0.3 is 0 Å². The molecular weight excluding hydrogens is 375 g/mol. The molecule has 0 unspecified atom stereocenters. The number of halogens is 4. The van der Waals surface area contributed by atoms with Crippen LogP contribution in [0.4, 0.5) is 13.2 Å². The average Bonchev–Trinajstić information content (AvgIpc) is 3.00. The highest BCUT2D eigenvalue weighted by Crippen LogP contribution is 2.37. The molecule has 0 aliphatic carbocycles. The number of allylic oxidation sites excluding steroid dienone is 3. The van der Waals surface area contributed by atoms with Crippen LogP contribution in [0.2, 0.25) is 5.02 Å². The third-order valence-corrected chi connectivity index (χ3v) is 4.17. The number of hydrogen-bond donors (Lipinski definition) is 0. The fourth-order valence-corrected chi connectivity index (χ4v) is 2.92. The molecule has 3 nitrogen and oxygen atoms in total. The molecule has 7 heteroatoms. The van der Waals surface area contributed by atoms with E-state index in [2.05, 4.69) is 16.6 Å². The van der Waals surface area contributed by atoms with Crippen LogP contribution in [0.1, 0.15) is 5.82 Å². The highest BCUT2D eigenvalue weighted by atomic mass is 35.5. The standard InChI is InChI=1S/C20H15ClF3N3/c1-13(16(9-10-25-2)20(22,23)24)19-26-18(14-6-5-7-15(21)12-14)17-8-3-4-11-27(17)19/h3-12H,1H2,2H3/b16-9+,25-10?. The van der Waals surface area contributed by atoms with Crippen molar-refractivity contribution in [2.75, 3.05) is 7.05 Å². The van der Waals surface area contributed by atoms with Crippen LogP contribution in [-0.4, -0.2) is 28.8 Å². The van der Waals surface area contributed by atoms with Gasteiger partial charge in [-0.3, -0.25) is 9.39 Å². The number of nitrogens with zero attached hydrogens (tertiary/aromatic N) is 3. The van der Waals surface area contributed by atoms with Crippen LogP contribution in [0.5, 0.6) is 0 Å². The second-order valence-corrected chi connectivity index (χ2v) is 6.15. The van der Waals surface area contributed by atoms with Gasteiger partial charge in [-0.25, -0.2) is 4.98 Å². The number of aliphatic imine (C=N–C) groups is 1. The maximum atomic E-state index is 13.5. The molecule has 0 saturated carbocycles. The number of aromatic nitrogens is 2. The molecule has 0 amide bonds. The SMILES string of the molecule is C=C(/C(=C\C=NC)C(F)(F)F)c1nc(-c2cccc(Cl)c2)c2ccccn12. The maximum absolute atomic E-state index is 13.5. The zero-order valence-electron chi connectivity index (χ0n) is 14.3. The van der Waals surface area contributed by atoms with Crippen molar-refractivity contribution >= 4 is 28.9 Å². The first-order chi connectivity index (χ1) is 12.8. The smallest absolute Gasteiger partial charge is 0.299 e. The van der Waals surface area contributed by atoms with Crippen molar-refractivity contribution in [1.82, 2.24) is 9.38 Å². The second-order valence-electron chi connectivity index (χ2n) is 5.71. The molecule has 1 aromatic carbocycles. The molecule has 0 spiro atoms. The lowest BCUT2D eigenvalue weighted by molar-refractivity contribution is -0.0869. The summed E-state index contributed by atoms with van der Waals surface area (Å²) in [4.78, 5) is 8.07. The molecule has 0 fully saturated rings. The summed E-state index contributed by atoms with van der Waals surface area (Å²) in [5.74, 6) is 0.105. The lowest BCUT2D eigenvalue weighted by atomic mass is 10.1. The van der Waals surface area contributed by atoms with E-state index in [0.717, 1.165) is 12.3 Å². The fraction of sp³-hybridized carbons (Fsp3) is 0.100. The van der Waals surface area contributed by atoms with Crippen LogP contribution in [0.3, 0.4) is 0 Å². The molecule has 0 N–H and O–H groups in total. The number of pyridine rings is 1. The van der Waals surface area contributed by atoms with Gasteiger partial charge >= 0.3 is 6.18 Å². The number of alkyl halides is 3. The van der Waals surface area contributed by atoms with Crippen LogP contribution in [0.25, 0.3) is 22.3 Å². The Hall–Kier alpha value is -2.86. The van der Waals surface area contributed by atoms with Crippen molar-refractivity contribution in [2.45, 2.75) is 6.18 Å². The third kappa shape index (κ3) is 3.80. The summed E-state index contributed by atoms with van der Waals surface area (Å²) in [6.45, 7) is 3.66. The van der Waals surface area contributed by atoms with Crippen LogP contribution in [0, 0.1) is 0 Å². The summed E-state index contributed by atoms with van der Waals surface area (Å²) >= 11 is 6.06. The molecule has 138 valence electrons. The molecule has 0 bridgehead atoms. The monoisotopic (exact) mass is 389 g/mol. The lowest BCUT2D eigenvalue weighted by Gasteiger charge is -2.13. The summed E-state index contributed by atoms with van der Waals surface area (Å²) in [7, 11) is 1.40. The van der Waals surface area contributed by atoms with E-state index in [0.29, 0.717) is 21.8 Å². The van der Waals surface area contributed by atoms with Gasteiger partial charge in [-0.15, -0.1) is 0 Å². The number of rotatable bonds is 4. The number of hydrogen-bond acceptors (Lipinski definition) is 2. The van der Waals surface area contributed by atoms with E-state index < -0.39 is 11.7 Å². The van der Waals surface area contributed by atoms with E-state index in [1.807, 2.05) is 0 Å². The van der Waals surface area contributed by atoms with E-state index >= 15 is 0 Å². The van der Waals surface area contributed by atoms with Crippen LogP contribution >= 0.6 is 11.6 Å². The molecular formula is C20H15ClF3N3. The normalized spacial score (nSPS) is 12.9. The number of benzene rings is 1. The van der Waals surface area contributed by atoms with Crippen molar-refractivity contribution in [2.24, 2.45) is 4.99 Å². The van der Waals surface area contributed by atoms with Gasteiger partial charge in [-0.2, -0.15) is 13.2 Å². The van der Waals surface area contributed by atoms with Crippen molar-refractivity contribution in [3.05, 3.63) is 77.7 Å². The highest BCUT2D eigenvalue weighted by Gasteiger charge is 2.36. The van der Waals surface area contributed by atoms with E-state index in [1.54, 1.807) is 53.1 Å². The second kappa shape index (κ2) is 7.40. The van der Waals surface area contributed by atoms with Gasteiger partial charge in [-0.05, 0) is 30.3 Å². The quantitative estimate of drug-likeness (QED) is 0.406. The largest absolute Gasteiger partial charge is 0.417 e. The minimum absolute atomic E-state index is 0.105. The Kier molecular flexibility index (Phi) is 5.19. The summed E-state index contributed by atoms with van der Waals surface area (Å²) in [6, 6.07) is 12.3. The maximum Gasteiger partial charge on any atom is 0.417 e. The van der Waals surface area contributed by atoms with E-state index in [9.17, 15) is 13.2 Å². The fourth-order valence-electron chi connectivity index (χ4n) is 2.73. The van der Waals surface area contributed by atoms with Crippen molar-refractivity contribution in [3.8, 4) is 11.3 Å². The number of imidazole rings is 1. The van der Waals surface area contributed by atoms with Crippen LogP contribution in [-0.2, 0) is 0 Å². The summed E-state index contributed by atoms with van der Waals surface area (Å²) < 4.78 is 42.1. The molecule has 2 heterocycles. The van der Waals surface area contributed by atoms with Gasteiger partial charge in [0.2, 0.25) is 0 Å². The van der Waals surface area contributed by atoms with Crippen molar-refractivity contribution in [1.29, 1.82) is 0 Å². The summed E-state index contributed by atoms with van der Waals surface area (Å²) in [5, 5.41) is 0.514. The topological polar surface area (TPSA) is 29.7 Å². The zero-order chi connectivity index (χ0) is 19.6. The Morgan fingerprint density at radius 2 is 2.00 bits per heavy atom. The molecule has 0 aliphatic rings. The first-order valence-electron chi connectivity index (χ1n) is 7.95. The molecule has 3 aromatic rings. The zero-order valence-corrected chi connectivity index (χ0v) is 15.1. The predicted octanol–water partition coefficient (Wildman–Crippen LogP) is 5.86. The van der Waals surface area contributed by atoms with Gasteiger partial charge in [-0.1, -0.05) is 36.4 Å². The van der Waals surface area contributed by atoms with E-state index in [4.69, 9.17) is 11.6 Å². The lowest BCUT2D eigenvalue weighted by Crippen LogP contribution is -2.14. The summed E-state index contributed by atoms with van der Waals surface area (Å²) in [6.07, 6.45) is -0.957. The molecule has 2 aromatic heterocycles. The van der Waals surface area contributed by atoms with Crippen LogP contribution < -0.4 is 0 Å². The Balaban J connectivity index is 2.22. The Morgan fingerprint density at radius 1 is 1.22 bits per heavy atom. The molecule has 27 heavy (non-hydrogen) atoms. The van der Waals surface area contributed by atoms with Crippen molar-refractivity contribution < 1.29 is 13.2 Å². The van der Waals surface area contributed by atoms with Crippen molar-refractivity contribution in [3.63, 3.8) is 0 Å². The minimum Gasteiger partial charge on any atom is -0.299 e. The first-order valence-corrected chi connectivity index (χ1v) is 8.33. The Labute approximate surface area is 159 Å².